The highest BCUT2D eigenvalue weighted by Gasteiger charge is 2.30. The minimum absolute atomic E-state index is 0.118. The van der Waals surface area contributed by atoms with Crippen molar-refractivity contribution in [2.75, 3.05) is 30.0 Å². The molecule has 0 aromatic carbocycles. The molecule has 1 aromatic heterocycles. The van der Waals surface area contributed by atoms with Crippen LogP contribution in [0, 0.1) is 0 Å². The summed E-state index contributed by atoms with van der Waals surface area (Å²) in [6.45, 7) is -1.63. The van der Waals surface area contributed by atoms with Gasteiger partial charge in [-0.1, -0.05) is 0 Å². The zero-order valence-electron chi connectivity index (χ0n) is 8.91. The second-order valence-corrected chi connectivity index (χ2v) is 3.30. The maximum Gasteiger partial charge on any atom is 0.405 e. The smallest absolute Gasteiger partial charge is 0.395 e. The van der Waals surface area contributed by atoms with Gasteiger partial charge < -0.3 is 15.4 Å². The third-order valence-corrected chi connectivity index (χ3v) is 2.00. The molecule has 1 rings (SSSR count). The maximum atomic E-state index is 12.3. The molecule has 17 heavy (non-hydrogen) atoms. The van der Waals surface area contributed by atoms with E-state index in [9.17, 15) is 13.2 Å². The molecule has 4 N–H and O–H groups in total. The molecule has 0 unspecified atom stereocenters. The van der Waals surface area contributed by atoms with Crippen LogP contribution in [0.5, 0.6) is 0 Å². The Labute approximate surface area is 96.0 Å². The van der Waals surface area contributed by atoms with Crippen molar-refractivity contribution in [3.05, 3.63) is 18.3 Å². The number of alkyl halides is 3. The Kier molecular flexibility index (Phi) is 4.53. The third-order valence-electron chi connectivity index (χ3n) is 2.00. The number of hydrogen-bond donors (Lipinski definition) is 3. The number of pyridine rings is 1. The van der Waals surface area contributed by atoms with Gasteiger partial charge in [0.1, 0.15) is 12.4 Å². The number of aliphatic hydroxyl groups excluding tert-OH is 1. The topological polar surface area (TPSA) is 74.4 Å². The van der Waals surface area contributed by atoms with E-state index in [-0.39, 0.29) is 19.0 Å². The number of nitrogens with one attached hydrogen (secondary N) is 1. The van der Waals surface area contributed by atoms with Crippen LogP contribution in [0.25, 0.3) is 0 Å². The second-order valence-electron chi connectivity index (χ2n) is 3.30. The van der Waals surface area contributed by atoms with Crippen LogP contribution in [0.1, 0.15) is 0 Å². The summed E-state index contributed by atoms with van der Waals surface area (Å²) < 4.78 is 37.0. The average Bonchev–Trinajstić information content (AvgIpc) is 2.27. The van der Waals surface area contributed by atoms with Crippen LogP contribution in [0.4, 0.5) is 24.7 Å². The minimum atomic E-state index is -4.34. The van der Waals surface area contributed by atoms with Crippen molar-refractivity contribution in [2.45, 2.75) is 6.18 Å². The van der Waals surface area contributed by atoms with Gasteiger partial charge in [0.25, 0.3) is 0 Å². The number of anilines is 2. The first-order chi connectivity index (χ1) is 7.96. The van der Waals surface area contributed by atoms with Gasteiger partial charge in [-0.2, -0.15) is 13.2 Å². The molecule has 0 radical (unpaired) electrons. The van der Waals surface area contributed by atoms with Gasteiger partial charge in [0.2, 0.25) is 0 Å². The first kappa shape index (κ1) is 13.5. The molecule has 1 aromatic rings. The van der Waals surface area contributed by atoms with Crippen LogP contribution in [0.15, 0.2) is 18.3 Å². The highest BCUT2D eigenvalue weighted by molar-refractivity contribution is 5.53. The van der Waals surface area contributed by atoms with E-state index in [1.807, 2.05) is 0 Å². The van der Waals surface area contributed by atoms with Gasteiger partial charge >= 0.3 is 6.18 Å². The van der Waals surface area contributed by atoms with Crippen molar-refractivity contribution in [1.29, 1.82) is 0 Å². The van der Waals surface area contributed by atoms with Crippen molar-refractivity contribution >= 4 is 11.5 Å². The lowest BCUT2D eigenvalue weighted by Crippen LogP contribution is -2.36. The Morgan fingerprint density at radius 1 is 1.47 bits per heavy atom. The average molecular weight is 250 g/mol. The highest BCUT2D eigenvalue weighted by Crippen LogP contribution is 2.22. The maximum absolute atomic E-state index is 12.3. The zero-order valence-corrected chi connectivity index (χ0v) is 8.91. The molecule has 0 saturated carbocycles. The van der Waals surface area contributed by atoms with Crippen LogP contribution in [0.3, 0.4) is 0 Å². The van der Waals surface area contributed by atoms with E-state index in [2.05, 4.69) is 10.4 Å². The van der Waals surface area contributed by atoms with E-state index in [1.54, 1.807) is 0 Å². The Hall–Kier alpha value is -1.54. The number of hydrazine groups is 1. The van der Waals surface area contributed by atoms with E-state index in [4.69, 9.17) is 10.9 Å². The summed E-state index contributed by atoms with van der Waals surface area (Å²) in [6.07, 6.45) is -3.00. The van der Waals surface area contributed by atoms with Gasteiger partial charge in [-0.05, 0) is 6.07 Å². The van der Waals surface area contributed by atoms with Crippen molar-refractivity contribution < 1.29 is 18.3 Å². The summed E-state index contributed by atoms with van der Waals surface area (Å²) in [5, 5.41) is 8.76. The van der Waals surface area contributed by atoms with Crippen LogP contribution < -0.4 is 16.2 Å². The highest BCUT2D eigenvalue weighted by atomic mass is 19.4. The molecule has 0 bridgehead atoms. The van der Waals surface area contributed by atoms with Crippen molar-refractivity contribution in [3.63, 3.8) is 0 Å². The van der Waals surface area contributed by atoms with Gasteiger partial charge in [0.05, 0.1) is 6.61 Å². The van der Waals surface area contributed by atoms with Crippen LogP contribution in [0.2, 0.25) is 0 Å². The Balaban J connectivity index is 2.88. The fourth-order valence-corrected chi connectivity index (χ4v) is 1.33. The standard InChI is InChI=1S/C9H13F3N4O/c10-9(11,12)6-16(3-4-17)7-1-2-14-8(5-7)15-13/h1-2,5,17H,3-4,6,13H2,(H,14,15). The number of aromatic nitrogens is 1. The Bertz CT molecular complexity index is 358. The van der Waals surface area contributed by atoms with E-state index >= 15 is 0 Å². The van der Waals surface area contributed by atoms with E-state index in [0.29, 0.717) is 5.69 Å². The molecule has 1 heterocycles. The summed E-state index contributed by atoms with van der Waals surface area (Å²) in [5.74, 6) is 5.37. The molecule has 0 atom stereocenters. The van der Waals surface area contributed by atoms with Gasteiger partial charge in [-0.25, -0.2) is 10.8 Å². The fraction of sp³-hybridized carbons (Fsp3) is 0.444. The number of nitrogens with two attached hydrogens (primary N) is 1. The first-order valence-electron chi connectivity index (χ1n) is 4.81. The number of hydrogen-bond acceptors (Lipinski definition) is 5. The SMILES string of the molecule is NNc1cc(N(CCO)CC(F)(F)F)ccn1. The van der Waals surface area contributed by atoms with Crippen LogP contribution in [-0.4, -0.2) is 36.0 Å². The number of halogens is 3. The van der Waals surface area contributed by atoms with Gasteiger partial charge in [-0.15, -0.1) is 0 Å². The largest absolute Gasteiger partial charge is 0.405 e. The number of aliphatic hydroxyl groups is 1. The Morgan fingerprint density at radius 3 is 2.71 bits per heavy atom. The van der Waals surface area contributed by atoms with E-state index in [1.165, 1.54) is 18.3 Å². The van der Waals surface area contributed by atoms with Gasteiger partial charge in [0, 0.05) is 24.5 Å². The first-order valence-corrected chi connectivity index (χ1v) is 4.81. The molecule has 0 aliphatic heterocycles. The lowest BCUT2D eigenvalue weighted by molar-refractivity contribution is -0.119. The van der Waals surface area contributed by atoms with Crippen LogP contribution in [-0.2, 0) is 0 Å². The number of rotatable bonds is 5. The molecule has 0 saturated heterocycles. The summed E-state index contributed by atoms with van der Waals surface area (Å²) >= 11 is 0. The Morgan fingerprint density at radius 2 is 2.18 bits per heavy atom. The lowest BCUT2D eigenvalue weighted by atomic mass is 10.3. The van der Waals surface area contributed by atoms with Gasteiger partial charge in [-0.3, -0.25) is 0 Å². The quantitative estimate of drug-likeness (QED) is 0.530. The monoisotopic (exact) mass is 250 g/mol. The minimum Gasteiger partial charge on any atom is -0.395 e. The predicted molar refractivity (Wildman–Crippen MR) is 57.4 cm³/mol. The van der Waals surface area contributed by atoms with E-state index in [0.717, 1.165) is 4.90 Å². The van der Waals surface area contributed by atoms with Crippen molar-refractivity contribution in [3.8, 4) is 0 Å². The molecule has 0 spiro atoms. The normalized spacial score (nSPS) is 11.4. The summed E-state index contributed by atoms with van der Waals surface area (Å²) in [6, 6.07) is 2.80. The molecule has 5 nitrogen and oxygen atoms in total. The number of nitrogen functional groups attached to an aromatic ring is 1. The molecule has 8 heteroatoms. The zero-order chi connectivity index (χ0) is 12.9. The summed E-state index contributed by atoms with van der Waals surface area (Å²) in [7, 11) is 0. The fourth-order valence-electron chi connectivity index (χ4n) is 1.33. The molecule has 0 fully saturated rings. The third kappa shape index (κ3) is 4.45. The summed E-state index contributed by atoms with van der Waals surface area (Å²) in [4.78, 5) is 4.79. The molecule has 0 amide bonds. The van der Waals surface area contributed by atoms with Crippen molar-refractivity contribution in [2.24, 2.45) is 5.84 Å². The van der Waals surface area contributed by atoms with Crippen molar-refractivity contribution in [1.82, 2.24) is 4.98 Å². The van der Waals surface area contributed by atoms with Gasteiger partial charge in [0.15, 0.2) is 0 Å². The summed E-state index contributed by atoms with van der Waals surface area (Å²) in [5.41, 5.74) is 2.54. The molecule has 0 aliphatic carbocycles. The molecule has 0 aliphatic rings. The molecule has 96 valence electrons. The second kappa shape index (κ2) is 5.69. The van der Waals surface area contributed by atoms with E-state index < -0.39 is 12.7 Å². The molecular weight excluding hydrogens is 237 g/mol. The number of nitrogens with zero attached hydrogens (tertiary/aromatic N) is 2. The van der Waals surface area contributed by atoms with Crippen LogP contribution >= 0.6 is 0 Å². The predicted octanol–water partition coefficient (Wildman–Crippen LogP) is 0.728. The lowest BCUT2D eigenvalue weighted by Gasteiger charge is -2.25. The molecular formula is C9H13F3N4O.